The fourth-order valence-corrected chi connectivity index (χ4v) is 2.37. The normalized spacial score (nSPS) is 10.8. The smallest absolute Gasteiger partial charge is 0.258 e. The number of aryl methyl sites for hydroxylation is 2. The third-order valence-corrected chi connectivity index (χ3v) is 3.52. The van der Waals surface area contributed by atoms with Crippen molar-refractivity contribution in [1.82, 2.24) is 0 Å². The minimum Gasteiger partial charge on any atom is -0.306 e. The van der Waals surface area contributed by atoms with Crippen LogP contribution >= 0.6 is 0 Å². The summed E-state index contributed by atoms with van der Waals surface area (Å²) in [5, 5.41) is 0. The number of benzene rings is 2. The Bertz CT molecular complexity index is 664. The predicted molar refractivity (Wildman–Crippen MR) is 84.3 cm³/mol. The number of hydrogen-bond acceptors (Lipinski definition) is 1. The molecule has 0 saturated heterocycles. The minimum atomic E-state index is -0.293. The lowest BCUT2D eigenvalue weighted by atomic mass is 10.1. The molecule has 0 N–H and O–H groups in total. The third kappa shape index (κ3) is 3.13. The van der Waals surface area contributed by atoms with Crippen molar-refractivity contribution in [3.05, 3.63) is 65.0 Å². The van der Waals surface area contributed by atoms with Crippen LogP contribution in [0.15, 0.2) is 42.5 Å². The number of hydrogen-bond donors (Lipinski definition) is 0. The SMILES string of the molecule is Cc1cc(C(=O)N(c2ccccc2C)C(C)C)ccc1F. The lowest BCUT2D eigenvalue weighted by Gasteiger charge is -2.28. The van der Waals surface area contributed by atoms with Crippen LogP contribution < -0.4 is 4.90 Å². The second kappa shape index (κ2) is 6.08. The second-order valence-corrected chi connectivity index (χ2v) is 5.52. The van der Waals surface area contributed by atoms with Gasteiger partial charge in [0.1, 0.15) is 5.82 Å². The molecule has 0 bridgehead atoms. The molecule has 2 rings (SSSR count). The van der Waals surface area contributed by atoms with E-state index in [1.54, 1.807) is 24.0 Å². The molecule has 0 aliphatic carbocycles. The molecular weight excluding hydrogens is 265 g/mol. The Morgan fingerprint density at radius 1 is 1.05 bits per heavy atom. The van der Waals surface area contributed by atoms with Gasteiger partial charge in [-0.15, -0.1) is 0 Å². The summed E-state index contributed by atoms with van der Waals surface area (Å²) >= 11 is 0. The molecule has 21 heavy (non-hydrogen) atoms. The van der Waals surface area contributed by atoms with E-state index in [1.807, 2.05) is 45.0 Å². The van der Waals surface area contributed by atoms with Crippen LogP contribution in [-0.2, 0) is 0 Å². The van der Waals surface area contributed by atoms with Gasteiger partial charge in [-0.25, -0.2) is 4.39 Å². The van der Waals surface area contributed by atoms with E-state index in [2.05, 4.69) is 0 Å². The fraction of sp³-hybridized carbons (Fsp3) is 0.278. The lowest BCUT2D eigenvalue weighted by molar-refractivity contribution is 0.0980. The van der Waals surface area contributed by atoms with E-state index in [1.165, 1.54) is 6.07 Å². The summed E-state index contributed by atoms with van der Waals surface area (Å²) in [7, 11) is 0. The van der Waals surface area contributed by atoms with E-state index in [9.17, 15) is 9.18 Å². The van der Waals surface area contributed by atoms with Gasteiger partial charge in [0, 0.05) is 17.3 Å². The van der Waals surface area contributed by atoms with Crippen molar-refractivity contribution in [2.45, 2.75) is 33.7 Å². The number of anilines is 1. The van der Waals surface area contributed by atoms with Gasteiger partial charge in [-0.3, -0.25) is 4.79 Å². The van der Waals surface area contributed by atoms with E-state index < -0.39 is 0 Å². The zero-order valence-electron chi connectivity index (χ0n) is 12.9. The highest BCUT2D eigenvalue weighted by molar-refractivity contribution is 6.06. The molecule has 0 aliphatic heterocycles. The van der Waals surface area contributed by atoms with Gasteiger partial charge in [0.25, 0.3) is 5.91 Å². The summed E-state index contributed by atoms with van der Waals surface area (Å²) in [6, 6.07) is 12.3. The van der Waals surface area contributed by atoms with Crippen LogP contribution in [0.3, 0.4) is 0 Å². The maximum atomic E-state index is 13.4. The molecule has 2 aromatic rings. The maximum Gasteiger partial charge on any atom is 0.258 e. The molecule has 0 heterocycles. The number of carbonyl (C=O) groups excluding carboxylic acids is 1. The van der Waals surface area contributed by atoms with E-state index >= 15 is 0 Å². The summed E-state index contributed by atoms with van der Waals surface area (Å²) < 4.78 is 13.4. The zero-order valence-corrected chi connectivity index (χ0v) is 12.9. The van der Waals surface area contributed by atoms with Gasteiger partial charge in [-0.05, 0) is 63.1 Å². The Morgan fingerprint density at radius 3 is 2.29 bits per heavy atom. The topological polar surface area (TPSA) is 20.3 Å². The standard InChI is InChI=1S/C18H20FNO/c1-12(2)20(17-8-6-5-7-13(17)3)18(21)15-9-10-16(19)14(4)11-15/h5-12H,1-4H3. The number of halogens is 1. The summed E-state index contributed by atoms with van der Waals surface area (Å²) in [6.45, 7) is 7.59. The van der Waals surface area contributed by atoms with Gasteiger partial charge in [-0.2, -0.15) is 0 Å². The van der Waals surface area contributed by atoms with Crippen LogP contribution in [0.2, 0.25) is 0 Å². The highest BCUT2D eigenvalue weighted by Crippen LogP contribution is 2.24. The Morgan fingerprint density at radius 2 is 1.71 bits per heavy atom. The monoisotopic (exact) mass is 285 g/mol. The fourth-order valence-electron chi connectivity index (χ4n) is 2.37. The molecule has 0 atom stereocenters. The summed E-state index contributed by atoms with van der Waals surface area (Å²) in [6.07, 6.45) is 0. The molecule has 2 nitrogen and oxygen atoms in total. The van der Waals surface area contributed by atoms with Crippen LogP contribution in [0.25, 0.3) is 0 Å². The molecule has 0 spiro atoms. The van der Waals surface area contributed by atoms with Gasteiger partial charge in [0.2, 0.25) is 0 Å². The van der Waals surface area contributed by atoms with E-state index in [4.69, 9.17) is 0 Å². The highest BCUT2D eigenvalue weighted by Gasteiger charge is 2.22. The van der Waals surface area contributed by atoms with Crippen LogP contribution in [0, 0.1) is 19.7 Å². The lowest BCUT2D eigenvalue weighted by Crippen LogP contribution is -2.37. The van der Waals surface area contributed by atoms with Crippen molar-refractivity contribution >= 4 is 11.6 Å². The first kappa shape index (κ1) is 15.2. The third-order valence-electron chi connectivity index (χ3n) is 3.52. The first-order chi connectivity index (χ1) is 9.91. The van der Waals surface area contributed by atoms with Crippen molar-refractivity contribution in [1.29, 1.82) is 0 Å². The molecule has 0 aromatic heterocycles. The first-order valence-corrected chi connectivity index (χ1v) is 7.07. The Kier molecular flexibility index (Phi) is 4.41. The van der Waals surface area contributed by atoms with E-state index in [-0.39, 0.29) is 17.8 Å². The van der Waals surface area contributed by atoms with Crippen LogP contribution in [0.5, 0.6) is 0 Å². The quantitative estimate of drug-likeness (QED) is 0.813. The molecule has 1 amide bonds. The minimum absolute atomic E-state index is 0.0176. The van der Waals surface area contributed by atoms with Crippen molar-refractivity contribution in [3.8, 4) is 0 Å². The molecule has 0 fully saturated rings. The van der Waals surface area contributed by atoms with E-state index in [0.29, 0.717) is 11.1 Å². The zero-order chi connectivity index (χ0) is 15.6. The first-order valence-electron chi connectivity index (χ1n) is 7.07. The summed E-state index contributed by atoms with van der Waals surface area (Å²) in [5.74, 6) is -0.402. The number of nitrogens with zero attached hydrogens (tertiary/aromatic N) is 1. The van der Waals surface area contributed by atoms with E-state index in [0.717, 1.165) is 11.3 Å². The highest BCUT2D eigenvalue weighted by atomic mass is 19.1. The average Bonchev–Trinajstić information content (AvgIpc) is 2.43. The maximum absolute atomic E-state index is 13.4. The molecule has 0 saturated carbocycles. The van der Waals surface area contributed by atoms with Crippen molar-refractivity contribution in [2.24, 2.45) is 0 Å². The van der Waals surface area contributed by atoms with Gasteiger partial charge >= 0.3 is 0 Å². The number of carbonyl (C=O) groups is 1. The number of amides is 1. The van der Waals surface area contributed by atoms with Crippen LogP contribution in [-0.4, -0.2) is 11.9 Å². The summed E-state index contributed by atoms with van der Waals surface area (Å²) in [4.78, 5) is 14.6. The van der Waals surface area contributed by atoms with Gasteiger partial charge < -0.3 is 4.90 Å². The molecule has 0 unspecified atom stereocenters. The van der Waals surface area contributed by atoms with Crippen molar-refractivity contribution < 1.29 is 9.18 Å². The number of para-hydroxylation sites is 1. The largest absolute Gasteiger partial charge is 0.306 e. The van der Waals surface area contributed by atoms with Gasteiger partial charge in [0.15, 0.2) is 0 Å². The molecule has 110 valence electrons. The Balaban J connectivity index is 2.45. The molecule has 0 radical (unpaired) electrons. The Hall–Kier alpha value is -2.16. The summed E-state index contributed by atoms with van der Waals surface area (Å²) in [5.41, 5.74) is 2.91. The second-order valence-electron chi connectivity index (χ2n) is 5.52. The van der Waals surface area contributed by atoms with Gasteiger partial charge in [0.05, 0.1) is 0 Å². The average molecular weight is 285 g/mol. The van der Waals surface area contributed by atoms with Gasteiger partial charge in [-0.1, -0.05) is 18.2 Å². The van der Waals surface area contributed by atoms with Crippen LogP contribution in [0.4, 0.5) is 10.1 Å². The molecule has 3 heteroatoms. The molecule has 0 aliphatic rings. The number of rotatable bonds is 3. The van der Waals surface area contributed by atoms with Crippen molar-refractivity contribution in [2.75, 3.05) is 4.90 Å². The molecular formula is C18H20FNO. The molecule has 2 aromatic carbocycles. The van der Waals surface area contributed by atoms with Crippen LogP contribution in [0.1, 0.15) is 35.3 Å². The Labute approximate surface area is 125 Å². The van der Waals surface area contributed by atoms with Crippen molar-refractivity contribution in [3.63, 3.8) is 0 Å². The predicted octanol–water partition coefficient (Wildman–Crippen LogP) is 4.50.